The summed E-state index contributed by atoms with van der Waals surface area (Å²) in [4.78, 5) is 2.55. The van der Waals surface area contributed by atoms with E-state index in [1.165, 1.54) is 19.3 Å². The van der Waals surface area contributed by atoms with Crippen LogP contribution in [-0.4, -0.2) is 34.7 Å². The van der Waals surface area contributed by atoms with Gasteiger partial charge in [0.2, 0.25) is 0 Å². The first-order valence-corrected chi connectivity index (χ1v) is 8.13. The van der Waals surface area contributed by atoms with E-state index in [1.54, 1.807) is 0 Å². The lowest BCUT2D eigenvalue weighted by Gasteiger charge is -2.56. The largest absolute Gasteiger partial charge is 0.389 e. The molecule has 2 aliphatic rings. The molecule has 0 aromatic rings. The number of hydrogen-bond donors (Lipinski definition) is 1. The molecule has 112 valence electrons. The quantitative estimate of drug-likeness (QED) is 0.783. The van der Waals surface area contributed by atoms with E-state index < -0.39 is 5.60 Å². The Bertz CT molecular complexity index is 322. The van der Waals surface area contributed by atoms with Crippen molar-refractivity contribution in [3.05, 3.63) is 0 Å². The van der Waals surface area contributed by atoms with E-state index in [0.717, 1.165) is 18.8 Å². The number of aliphatic hydroxyl groups is 1. The van der Waals surface area contributed by atoms with Gasteiger partial charge in [-0.25, -0.2) is 0 Å². The normalized spacial score (nSPS) is 45.0. The maximum atomic E-state index is 11.0. The second-order valence-electron chi connectivity index (χ2n) is 8.23. The van der Waals surface area contributed by atoms with E-state index in [4.69, 9.17) is 0 Å². The van der Waals surface area contributed by atoms with Crippen LogP contribution in [0.1, 0.15) is 66.7 Å². The fourth-order valence-corrected chi connectivity index (χ4v) is 4.55. The molecule has 0 amide bonds. The zero-order valence-electron chi connectivity index (χ0n) is 13.7. The Balaban J connectivity index is 2.21. The van der Waals surface area contributed by atoms with E-state index in [1.807, 2.05) is 0 Å². The average molecular weight is 267 g/mol. The van der Waals surface area contributed by atoms with E-state index in [-0.39, 0.29) is 0 Å². The SMILES string of the molecule is CCC1(O)CC(C)N(C)C2CC(C(C)(C)C)CCC21. The van der Waals surface area contributed by atoms with Crippen LogP contribution in [0.2, 0.25) is 0 Å². The molecule has 0 radical (unpaired) electrons. The third-order valence-corrected chi connectivity index (χ3v) is 6.21. The van der Waals surface area contributed by atoms with Crippen LogP contribution >= 0.6 is 0 Å². The second-order valence-corrected chi connectivity index (χ2v) is 8.23. The molecule has 2 nitrogen and oxygen atoms in total. The van der Waals surface area contributed by atoms with Gasteiger partial charge >= 0.3 is 0 Å². The molecule has 1 saturated carbocycles. The van der Waals surface area contributed by atoms with Crippen molar-refractivity contribution in [1.29, 1.82) is 0 Å². The van der Waals surface area contributed by atoms with Crippen molar-refractivity contribution >= 4 is 0 Å². The van der Waals surface area contributed by atoms with Gasteiger partial charge in [0, 0.05) is 18.0 Å². The first-order valence-electron chi connectivity index (χ1n) is 8.13. The molecule has 2 fully saturated rings. The van der Waals surface area contributed by atoms with Crippen LogP contribution in [0.15, 0.2) is 0 Å². The van der Waals surface area contributed by atoms with Crippen LogP contribution in [0, 0.1) is 17.3 Å². The van der Waals surface area contributed by atoms with Gasteiger partial charge in [-0.15, -0.1) is 0 Å². The van der Waals surface area contributed by atoms with E-state index >= 15 is 0 Å². The minimum atomic E-state index is -0.417. The summed E-state index contributed by atoms with van der Waals surface area (Å²) in [5.41, 5.74) is -0.0176. The summed E-state index contributed by atoms with van der Waals surface area (Å²) in [7, 11) is 2.27. The van der Waals surface area contributed by atoms with E-state index in [0.29, 0.717) is 23.4 Å². The van der Waals surface area contributed by atoms with Gasteiger partial charge in [-0.2, -0.15) is 0 Å². The third-order valence-electron chi connectivity index (χ3n) is 6.21. The van der Waals surface area contributed by atoms with Crippen molar-refractivity contribution in [2.45, 2.75) is 84.4 Å². The summed E-state index contributed by atoms with van der Waals surface area (Å²) in [6.07, 6.45) is 5.61. The Morgan fingerprint density at radius 1 is 1.26 bits per heavy atom. The smallest absolute Gasteiger partial charge is 0.0702 e. The molecule has 5 atom stereocenters. The Kier molecular flexibility index (Phi) is 4.06. The highest BCUT2D eigenvalue weighted by Gasteiger charge is 2.51. The standard InChI is InChI=1S/C17H33NO/c1-7-17(19)11-12(2)18(6)15-10-13(16(3,4)5)8-9-14(15)17/h12-15,19H,7-11H2,1-6H3. The summed E-state index contributed by atoms with van der Waals surface area (Å²) < 4.78 is 0. The maximum Gasteiger partial charge on any atom is 0.0702 e. The zero-order valence-corrected chi connectivity index (χ0v) is 13.7. The third kappa shape index (κ3) is 2.71. The number of piperidine rings is 1. The predicted octanol–water partition coefficient (Wildman–Crippen LogP) is 3.68. The highest BCUT2D eigenvalue weighted by molar-refractivity contribution is 5.04. The van der Waals surface area contributed by atoms with Crippen LogP contribution in [0.3, 0.4) is 0 Å². The van der Waals surface area contributed by atoms with E-state index in [2.05, 4.69) is 46.6 Å². The molecule has 1 N–H and O–H groups in total. The van der Waals surface area contributed by atoms with Crippen molar-refractivity contribution in [2.24, 2.45) is 17.3 Å². The zero-order chi connectivity index (χ0) is 14.4. The molecular weight excluding hydrogens is 234 g/mol. The van der Waals surface area contributed by atoms with Crippen LogP contribution in [0.5, 0.6) is 0 Å². The number of hydrogen-bond acceptors (Lipinski definition) is 2. The minimum absolute atomic E-state index is 0.400. The summed E-state index contributed by atoms with van der Waals surface area (Å²) in [5, 5.41) is 11.0. The summed E-state index contributed by atoms with van der Waals surface area (Å²) in [5.74, 6) is 1.28. The van der Waals surface area contributed by atoms with Gasteiger partial charge in [0.25, 0.3) is 0 Å². The summed E-state index contributed by atoms with van der Waals surface area (Å²) in [6.45, 7) is 11.5. The van der Waals surface area contributed by atoms with Gasteiger partial charge in [-0.1, -0.05) is 27.7 Å². The first-order chi connectivity index (χ1) is 8.69. The molecule has 0 aromatic heterocycles. The molecular formula is C17H33NO. The molecule has 1 saturated heterocycles. The lowest BCUT2D eigenvalue weighted by molar-refractivity contribution is -0.140. The van der Waals surface area contributed by atoms with Gasteiger partial charge < -0.3 is 10.0 Å². The molecule has 2 heteroatoms. The van der Waals surface area contributed by atoms with Crippen LogP contribution in [0.25, 0.3) is 0 Å². The molecule has 1 heterocycles. The number of nitrogens with zero attached hydrogens (tertiary/aromatic N) is 1. The molecule has 1 aliphatic carbocycles. The maximum absolute atomic E-state index is 11.0. The lowest BCUT2D eigenvalue weighted by Crippen LogP contribution is -2.62. The Hall–Kier alpha value is -0.0800. The van der Waals surface area contributed by atoms with Gasteiger partial charge in [-0.05, 0) is 57.4 Å². The molecule has 2 rings (SSSR count). The molecule has 19 heavy (non-hydrogen) atoms. The van der Waals surface area contributed by atoms with Crippen molar-refractivity contribution in [3.63, 3.8) is 0 Å². The van der Waals surface area contributed by atoms with Crippen molar-refractivity contribution in [3.8, 4) is 0 Å². The summed E-state index contributed by atoms with van der Waals surface area (Å²) >= 11 is 0. The van der Waals surface area contributed by atoms with Crippen LogP contribution < -0.4 is 0 Å². The van der Waals surface area contributed by atoms with Crippen LogP contribution in [0.4, 0.5) is 0 Å². The number of likely N-dealkylation sites (tertiary alicyclic amines) is 1. The highest BCUT2D eigenvalue weighted by Crippen LogP contribution is 2.49. The molecule has 0 spiro atoms. The topological polar surface area (TPSA) is 23.5 Å². The number of rotatable bonds is 1. The molecule has 5 unspecified atom stereocenters. The first kappa shape index (κ1) is 15.3. The fraction of sp³-hybridized carbons (Fsp3) is 1.00. The van der Waals surface area contributed by atoms with E-state index in [9.17, 15) is 5.11 Å². The van der Waals surface area contributed by atoms with Crippen LogP contribution in [-0.2, 0) is 0 Å². The fourth-order valence-electron chi connectivity index (χ4n) is 4.55. The predicted molar refractivity (Wildman–Crippen MR) is 81.2 cm³/mol. The Morgan fingerprint density at radius 2 is 1.89 bits per heavy atom. The molecule has 0 bridgehead atoms. The monoisotopic (exact) mass is 267 g/mol. The Morgan fingerprint density at radius 3 is 2.42 bits per heavy atom. The van der Waals surface area contributed by atoms with Crippen molar-refractivity contribution in [1.82, 2.24) is 4.90 Å². The molecule has 0 aromatic carbocycles. The van der Waals surface area contributed by atoms with Gasteiger partial charge in [0.1, 0.15) is 0 Å². The van der Waals surface area contributed by atoms with Crippen molar-refractivity contribution < 1.29 is 5.11 Å². The molecule has 1 aliphatic heterocycles. The van der Waals surface area contributed by atoms with Crippen molar-refractivity contribution in [2.75, 3.05) is 7.05 Å². The highest BCUT2D eigenvalue weighted by atomic mass is 16.3. The summed E-state index contributed by atoms with van der Waals surface area (Å²) in [6, 6.07) is 1.08. The number of fused-ring (bicyclic) bond motifs is 1. The minimum Gasteiger partial charge on any atom is -0.389 e. The average Bonchev–Trinajstić information content (AvgIpc) is 2.34. The lowest BCUT2D eigenvalue weighted by atomic mass is 9.60. The van der Waals surface area contributed by atoms with Gasteiger partial charge in [0.15, 0.2) is 0 Å². The van der Waals surface area contributed by atoms with Gasteiger partial charge in [0.05, 0.1) is 5.60 Å². The second kappa shape index (κ2) is 5.04. The van der Waals surface area contributed by atoms with Gasteiger partial charge in [-0.3, -0.25) is 0 Å². The Labute approximate surface area is 119 Å².